The maximum absolute atomic E-state index is 7.17. The first kappa shape index (κ1) is 22.5. The summed E-state index contributed by atoms with van der Waals surface area (Å²) in [7, 11) is -2.17. The molecule has 0 aromatic rings. The minimum atomic E-state index is -2.17. The standard InChI is InChI=1S/BH3O3.Ba.Ga.Na.6H/c2-1(3)4;;;;;;;;;/h2-4H;;;;;;;;;/q;+2;;+1;;;;3*-1. The summed E-state index contributed by atoms with van der Waals surface area (Å²) in [5.41, 5.74) is 0. The van der Waals surface area contributed by atoms with Crippen molar-refractivity contribution >= 4 is 76.0 Å². The predicted octanol–water partition coefficient (Wildman–Crippen LogP) is -6.27. The molecule has 0 saturated heterocycles. The molecule has 36 valence electrons. The van der Waals surface area contributed by atoms with E-state index >= 15 is 0 Å². The van der Waals surface area contributed by atoms with Crippen LogP contribution in [0.2, 0.25) is 0 Å². The third kappa shape index (κ3) is 47.1. The summed E-state index contributed by atoms with van der Waals surface area (Å²) in [6.07, 6.45) is 0. The molecule has 0 saturated carbocycles. The van der Waals surface area contributed by atoms with Crippen LogP contribution in [0.3, 0.4) is 0 Å². The molecule has 0 atom stereocenters. The summed E-state index contributed by atoms with van der Waals surface area (Å²) < 4.78 is 0. The molecule has 0 amide bonds. The van der Waals surface area contributed by atoms with Crippen molar-refractivity contribution in [3.63, 3.8) is 0 Å². The molecular weight excluding hydrogens is 289 g/mol. The van der Waals surface area contributed by atoms with E-state index in [1.54, 1.807) is 0 Å². The molecule has 0 aliphatic carbocycles. The van der Waals surface area contributed by atoms with Gasteiger partial charge in [0.15, 0.2) is 0 Å². The largest absolute Gasteiger partial charge is 1.00 e. The van der Waals surface area contributed by atoms with Crippen molar-refractivity contribution < 1.29 is 48.9 Å². The van der Waals surface area contributed by atoms with Gasteiger partial charge >= 0.3 is 106 Å². The predicted molar refractivity (Wildman–Crippen MR) is 31.4 cm³/mol. The van der Waals surface area contributed by atoms with Gasteiger partial charge in [0.05, 0.1) is 0 Å². The van der Waals surface area contributed by atoms with Gasteiger partial charge in [0, 0.05) is 0 Å². The molecule has 0 rings (SSSR count). The van der Waals surface area contributed by atoms with Crippen LogP contribution in [0.25, 0.3) is 0 Å². The van der Waals surface area contributed by atoms with E-state index in [2.05, 4.69) is 0 Å². The van der Waals surface area contributed by atoms with E-state index in [0.717, 1.165) is 0 Å². The first-order chi connectivity index (χ1) is 1.73. The molecular formula is H9BBaGaNaO3. The normalized spacial score (nSPS) is 3.86. The Hall–Kier alpha value is 3.15. The van der Waals surface area contributed by atoms with Gasteiger partial charge in [-0.2, -0.15) is 0 Å². The second kappa shape index (κ2) is 16.1. The summed E-state index contributed by atoms with van der Waals surface area (Å²) in [6.45, 7) is 0. The molecule has 0 heterocycles. The zero-order valence-electron chi connectivity index (χ0n) is 6.63. The van der Waals surface area contributed by atoms with E-state index in [1.165, 1.54) is 0 Å². The third-order valence-electron chi connectivity index (χ3n) is 0. The molecule has 0 aromatic heterocycles. The first-order valence-electron chi connectivity index (χ1n) is 0.775. The topological polar surface area (TPSA) is 60.7 Å². The fourth-order valence-corrected chi connectivity index (χ4v) is 0. The van der Waals surface area contributed by atoms with Gasteiger partial charge in [-0.1, -0.05) is 0 Å². The molecule has 7 heteroatoms. The Morgan fingerprint density at radius 2 is 1.14 bits per heavy atom. The number of rotatable bonds is 0. The minimum absolute atomic E-state index is 0. The zero-order valence-corrected chi connectivity index (χ0v) is 10.1. The molecule has 0 spiro atoms. The van der Waals surface area contributed by atoms with Crippen LogP contribution < -0.4 is 29.6 Å². The Labute approximate surface area is 122 Å². The van der Waals surface area contributed by atoms with Crippen molar-refractivity contribution in [3.8, 4) is 0 Å². The maximum Gasteiger partial charge on any atom is 1.00 e. The molecule has 3 nitrogen and oxygen atoms in total. The Morgan fingerprint density at radius 1 is 1.14 bits per heavy atom. The van der Waals surface area contributed by atoms with Crippen molar-refractivity contribution in [2.75, 3.05) is 0 Å². The first-order valence-corrected chi connectivity index (χ1v) is 0.775. The molecule has 0 radical (unpaired) electrons. The Morgan fingerprint density at radius 3 is 1.14 bits per heavy atom. The van der Waals surface area contributed by atoms with Crippen LogP contribution in [0.1, 0.15) is 4.28 Å². The van der Waals surface area contributed by atoms with Crippen LogP contribution >= 0.6 is 0 Å². The van der Waals surface area contributed by atoms with Crippen LogP contribution in [0, 0.1) is 0 Å². The van der Waals surface area contributed by atoms with Crippen LogP contribution in [-0.2, 0) is 0 Å². The number of hydrogen-bond acceptors (Lipinski definition) is 3. The minimum Gasteiger partial charge on any atom is -1.00 e. The summed E-state index contributed by atoms with van der Waals surface area (Å²) >= 11 is 0. The van der Waals surface area contributed by atoms with Crippen molar-refractivity contribution in [1.29, 1.82) is 0 Å². The van der Waals surface area contributed by atoms with E-state index in [4.69, 9.17) is 15.1 Å². The SMILES string of the molecule is OB(O)O.[Ba+2].[GaH3].[H-].[H-].[H-].[Na+]. The van der Waals surface area contributed by atoms with Gasteiger partial charge < -0.3 is 19.4 Å². The van der Waals surface area contributed by atoms with Gasteiger partial charge in [0.2, 0.25) is 0 Å². The molecule has 3 N–H and O–H groups in total. The van der Waals surface area contributed by atoms with Gasteiger partial charge in [-0.05, 0) is 0 Å². The molecule has 0 unspecified atom stereocenters. The van der Waals surface area contributed by atoms with Gasteiger partial charge in [-0.3, -0.25) is 0 Å². The van der Waals surface area contributed by atoms with E-state index in [9.17, 15) is 0 Å². The molecule has 0 bridgehead atoms. The van der Waals surface area contributed by atoms with E-state index in [1.807, 2.05) is 0 Å². The van der Waals surface area contributed by atoms with Crippen molar-refractivity contribution in [2.24, 2.45) is 0 Å². The summed E-state index contributed by atoms with van der Waals surface area (Å²) in [5.74, 6) is 0. The summed E-state index contributed by atoms with van der Waals surface area (Å²) in [5, 5.41) is 21.5. The van der Waals surface area contributed by atoms with Gasteiger partial charge in [-0.15, -0.1) is 0 Å². The van der Waals surface area contributed by atoms with Crippen LogP contribution in [0.15, 0.2) is 0 Å². The average Bonchev–Trinajstić information content (AvgIpc) is 0.811. The average molecular weight is 298 g/mol. The smallest absolute Gasteiger partial charge is 1.00 e. The van der Waals surface area contributed by atoms with Crippen molar-refractivity contribution in [1.82, 2.24) is 0 Å². The Bertz CT molecular complexity index is 28.5. The molecule has 7 heavy (non-hydrogen) atoms. The van der Waals surface area contributed by atoms with Crippen molar-refractivity contribution in [3.05, 3.63) is 0 Å². The van der Waals surface area contributed by atoms with E-state index in [-0.39, 0.29) is 103 Å². The molecule has 0 aromatic carbocycles. The maximum atomic E-state index is 7.17. The molecule has 0 aliphatic rings. The fraction of sp³-hybridized carbons (Fsp3) is 0. The second-order valence-electron chi connectivity index (χ2n) is 0.346. The second-order valence-corrected chi connectivity index (χ2v) is 0.346. The molecule has 0 aliphatic heterocycles. The van der Waals surface area contributed by atoms with E-state index < -0.39 is 7.32 Å². The van der Waals surface area contributed by atoms with Gasteiger partial charge in [0.25, 0.3) is 0 Å². The van der Waals surface area contributed by atoms with Crippen LogP contribution in [-0.4, -0.2) is 91.1 Å². The summed E-state index contributed by atoms with van der Waals surface area (Å²) in [6, 6.07) is 0. The quantitative estimate of drug-likeness (QED) is 0.390. The van der Waals surface area contributed by atoms with Crippen LogP contribution in [0.5, 0.6) is 0 Å². The Kier molecular flexibility index (Phi) is 51.6. The Balaban J connectivity index is -0.00000000300. The monoisotopic (exact) mass is 298 g/mol. The number of hydrogen-bond donors (Lipinski definition) is 3. The fourth-order valence-electron chi connectivity index (χ4n) is 0. The van der Waals surface area contributed by atoms with Crippen molar-refractivity contribution in [2.45, 2.75) is 0 Å². The van der Waals surface area contributed by atoms with E-state index in [0.29, 0.717) is 0 Å². The summed E-state index contributed by atoms with van der Waals surface area (Å²) in [4.78, 5) is 0. The van der Waals surface area contributed by atoms with Crippen LogP contribution in [0.4, 0.5) is 0 Å². The van der Waals surface area contributed by atoms with Gasteiger partial charge in [0.1, 0.15) is 0 Å². The van der Waals surface area contributed by atoms with Gasteiger partial charge in [-0.25, -0.2) is 0 Å². The molecule has 0 fully saturated rings. The zero-order chi connectivity index (χ0) is 3.58. The third-order valence-corrected chi connectivity index (χ3v) is 0.